The summed E-state index contributed by atoms with van der Waals surface area (Å²) in [4.78, 5) is 30.7. The fourth-order valence-electron chi connectivity index (χ4n) is 3.44. The van der Waals surface area contributed by atoms with Gasteiger partial charge in [-0.1, -0.05) is 11.6 Å². The Morgan fingerprint density at radius 2 is 2.04 bits per heavy atom. The Morgan fingerprint density at radius 3 is 2.68 bits per heavy atom. The highest BCUT2D eigenvalue weighted by Gasteiger charge is 2.27. The third kappa shape index (κ3) is 3.43. The SMILES string of the molecule is CCNC(=O)c1cnc2ccc(C)cc2c1N1CCC(C(N)=O)CC1. The lowest BCUT2D eigenvalue weighted by Crippen LogP contribution is -2.39. The Labute approximate surface area is 147 Å². The first-order chi connectivity index (χ1) is 12.0. The number of nitrogens with one attached hydrogen (secondary N) is 1. The van der Waals surface area contributed by atoms with Crippen molar-refractivity contribution in [3.8, 4) is 0 Å². The molecule has 1 fully saturated rings. The standard InChI is InChI=1S/C19H24N4O2/c1-3-21-19(25)15-11-22-16-5-4-12(2)10-14(16)17(15)23-8-6-13(7-9-23)18(20)24/h4-5,10-11,13H,3,6-9H2,1-2H3,(H2,20,24)(H,21,25). The van der Waals surface area contributed by atoms with Crippen LogP contribution in [-0.4, -0.2) is 36.4 Å². The normalized spacial score (nSPS) is 15.4. The van der Waals surface area contributed by atoms with Crippen LogP contribution in [-0.2, 0) is 4.79 Å². The molecule has 0 atom stereocenters. The molecule has 0 bridgehead atoms. The number of carbonyl (C=O) groups excluding carboxylic acids is 2. The number of primary amides is 1. The van der Waals surface area contributed by atoms with E-state index >= 15 is 0 Å². The number of nitrogens with two attached hydrogens (primary N) is 1. The van der Waals surface area contributed by atoms with E-state index in [9.17, 15) is 9.59 Å². The van der Waals surface area contributed by atoms with Crippen LogP contribution in [0.4, 0.5) is 5.69 Å². The topological polar surface area (TPSA) is 88.3 Å². The second kappa shape index (κ2) is 7.09. The van der Waals surface area contributed by atoms with Gasteiger partial charge in [-0.25, -0.2) is 0 Å². The van der Waals surface area contributed by atoms with Crippen molar-refractivity contribution in [2.75, 3.05) is 24.5 Å². The number of amides is 2. The highest BCUT2D eigenvalue weighted by atomic mass is 16.2. The highest BCUT2D eigenvalue weighted by Crippen LogP contribution is 2.33. The summed E-state index contributed by atoms with van der Waals surface area (Å²) >= 11 is 0. The molecule has 0 unspecified atom stereocenters. The summed E-state index contributed by atoms with van der Waals surface area (Å²) in [6.07, 6.45) is 3.07. The number of hydrogen-bond donors (Lipinski definition) is 2. The minimum Gasteiger partial charge on any atom is -0.370 e. The van der Waals surface area contributed by atoms with Crippen molar-refractivity contribution >= 4 is 28.4 Å². The molecule has 0 spiro atoms. The summed E-state index contributed by atoms with van der Waals surface area (Å²) in [5.41, 5.74) is 8.92. The Kier molecular flexibility index (Phi) is 4.88. The smallest absolute Gasteiger partial charge is 0.254 e. The van der Waals surface area contributed by atoms with E-state index in [-0.39, 0.29) is 17.7 Å². The van der Waals surface area contributed by atoms with E-state index < -0.39 is 0 Å². The monoisotopic (exact) mass is 340 g/mol. The highest BCUT2D eigenvalue weighted by molar-refractivity contribution is 6.07. The number of aromatic nitrogens is 1. The molecule has 1 aliphatic heterocycles. The van der Waals surface area contributed by atoms with E-state index in [1.54, 1.807) is 6.20 Å². The van der Waals surface area contributed by atoms with E-state index in [0.29, 0.717) is 38.0 Å². The summed E-state index contributed by atoms with van der Waals surface area (Å²) in [5.74, 6) is -0.441. The molecule has 0 radical (unpaired) electrons. The molecule has 2 heterocycles. The van der Waals surface area contributed by atoms with Crippen LogP contribution in [0.5, 0.6) is 0 Å². The van der Waals surface area contributed by atoms with Crippen molar-refractivity contribution in [3.05, 3.63) is 35.5 Å². The average molecular weight is 340 g/mol. The van der Waals surface area contributed by atoms with Gasteiger partial charge in [-0.3, -0.25) is 14.6 Å². The van der Waals surface area contributed by atoms with Gasteiger partial charge in [-0.05, 0) is 38.8 Å². The molecular formula is C19H24N4O2. The van der Waals surface area contributed by atoms with E-state index in [1.807, 2.05) is 26.0 Å². The van der Waals surface area contributed by atoms with Crippen LogP contribution in [0.3, 0.4) is 0 Å². The summed E-state index contributed by atoms with van der Waals surface area (Å²) in [6, 6.07) is 6.07. The van der Waals surface area contributed by atoms with Crippen LogP contribution in [0.1, 0.15) is 35.7 Å². The molecule has 1 saturated heterocycles. The fraction of sp³-hybridized carbons (Fsp3) is 0.421. The van der Waals surface area contributed by atoms with E-state index in [4.69, 9.17) is 5.73 Å². The number of pyridine rings is 1. The van der Waals surface area contributed by atoms with Crippen LogP contribution >= 0.6 is 0 Å². The predicted molar refractivity (Wildman–Crippen MR) is 98.6 cm³/mol. The number of anilines is 1. The van der Waals surface area contributed by atoms with Gasteiger partial charge in [0.05, 0.1) is 16.8 Å². The van der Waals surface area contributed by atoms with Gasteiger partial charge in [0.15, 0.2) is 0 Å². The van der Waals surface area contributed by atoms with Crippen molar-refractivity contribution in [2.45, 2.75) is 26.7 Å². The molecule has 3 rings (SSSR count). The molecule has 3 N–H and O–H groups in total. The van der Waals surface area contributed by atoms with Crippen molar-refractivity contribution in [3.63, 3.8) is 0 Å². The quantitative estimate of drug-likeness (QED) is 0.891. The lowest BCUT2D eigenvalue weighted by molar-refractivity contribution is -0.122. The van der Waals surface area contributed by atoms with Crippen molar-refractivity contribution < 1.29 is 9.59 Å². The summed E-state index contributed by atoms with van der Waals surface area (Å²) < 4.78 is 0. The minimum absolute atomic E-state index is 0.0843. The number of benzene rings is 1. The summed E-state index contributed by atoms with van der Waals surface area (Å²) in [6.45, 7) is 5.89. The Bertz CT molecular complexity index is 810. The molecule has 1 aromatic heterocycles. The van der Waals surface area contributed by atoms with Gasteiger partial charge < -0.3 is 16.0 Å². The van der Waals surface area contributed by atoms with E-state index in [0.717, 1.165) is 22.2 Å². The Morgan fingerprint density at radius 1 is 1.32 bits per heavy atom. The molecule has 6 nitrogen and oxygen atoms in total. The van der Waals surface area contributed by atoms with Crippen molar-refractivity contribution in [1.29, 1.82) is 0 Å². The van der Waals surface area contributed by atoms with Gasteiger partial charge in [-0.15, -0.1) is 0 Å². The Hall–Kier alpha value is -2.63. The largest absolute Gasteiger partial charge is 0.370 e. The maximum Gasteiger partial charge on any atom is 0.254 e. The van der Waals surface area contributed by atoms with Crippen LogP contribution in [0, 0.1) is 12.8 Å². The average Bonchev–Trinajstić information content (AvgIpc) is 2.61. The summed E-state index contributed by atoms with van der Waals surface area (Å²) in [7, 11) is 0. The van der Waals surface area contributed by atoms with Gasteiger partial charge in [0.25, 0.3) is 5.91 Å². The number of fused-ring (bicyclic) bond motifs is 1. The van der Waals surface area contributed by atoms with Crippen molar-refractivity contribution in [1.82, 2.24) is 10.3 Å². The lowest BCUT2D eigenvalue weighted by atomic mass is 9.94. The van der Waals surface area contributed by atoms with Crippen molar-refractivity contribution in [2.24, 2.45) is 11.7 Å². The summed E-state index contributed by atoms with van der Waals surface area (Å²) in [5, 5.41) is 3.84. The molecule has 0 aliphatic carbocycles. The van der Waals surface area contributed by atoms with Gasteiger partial charge in [-0.2, -0.15) is 0 Å². The minimum atomic E-state index is -0.237. The van der Waals surface area contributed by atoms with Gasteiger partial charge in [0.1, 0.15) is 0 Å². The molecule has 6 heteroatoms. The number of piperidine rings is 1. The zero-order chi connectivity index (χ0) is 18.0. The van der Waals surface area contributed by atoms with E-state index in [2.05, 4.69) is 21.3 Å². The third-order valence-electron chi connectivity index (χ3n) is 4.79. The predicted octanol–water partition coefficient (Wildman–Crippen LogP) is 1.99. The van der Waals surface area contributed by atoms with Crippen LogP contribution < -0.4 is 16.0 Å². The molecule has 1 aliphatic rings. The number of rotatable bonds is 4. The second-order valence-corrected chi connectivity index (χ2v) is 6.56. The molecule has 2 aromatic rings. The van der Waals surface area contributed by atoms with Gasteiger partial charge in [0, 0.05) is 37.1 Å². The van der Waals surface area contributed by atoms with Gasteiger partial charge >= 0.3 is 0 Å². The zero-order valence-electron chi connectivity index (χ0n) is 14.7. The third-order valence-corrected chi connectivity index (χ3v) is 4.79. The first kappa shape index (κ1) is 17.2. The van der Waals surface area contributed by atoms with E-state index in [1.165, 1.54) is 0 Å². The first-order valence-electron chi connectivity index (χ1n) is 8.73. The molecule has 1 aromatic carbocycles. The Balaban J connectivity index is 2.06. The molecule has 0 saturated carbocycles. The lowest BCUT2D eigenvalue weighted by Gasteiger charge is -2.34. The molecule has 2 amide bonds. The number of hydrogen-bond acceptors (Lipinski definition) is 4. The maximum atomic E-state index is 12.6. The number of carbonyl (C=O) groups is 2. The molecular weight excluding hydrogens is 316 g/mol. The zero-order valence-corrected chi connectivity index (χ0v) is 14.7. The van der Waals surface area contributed by atoms with Gasteiger partial charge in [0.2, 0.25) is 5.91 Å². The number of aryl methyl sites for hydroxylation is 1. The maximum absolute atomic E-state index is 12.6. The molecule has 132 valence electrons. The first-order valence-corrected chi connectivity index (χ1v) is 8.73. The second-order valence-electron chi connectivity index (χ2n) is 6.56. The fourth-order valence-corrected chi connectivity index (χ4v) is 3.44. The van der Waals surface area contributed by atoms with Crippen LogP contribution in [0.2, 0.25) is 0 Å². The number of nitrogens with zero attached hydrogens (tertiary/aromatic N) is 2. The van der Waals surface area contributed by atoms with Crippen LogP contribution in [0.15, 0.2) is 24.4 Å². The molecule has 25 heavy (non-hydrogen) atoms. The van der Waals surface area contributed by atoms with Crippen LogP contribution in [0.25, 0.3) is 10.9 Å².